The van der Waals surface area contributed by atoms with E-state index in [2.05, 4.69) is 16.8 Å². The Morgan fingerprint density at radius 3 is 3.15 bits per heavy atom. The van der Waals surface area contributed by atoms with Gasteiger partial charge in [0.05, 0.1) is 23.9 Å². The van der Waals surface area contributed by atoms with Crippen LogP contribution in [0.2, 0.25) is 5.02 Å². The van der Waals surface area contributed by atoms with Crippen molar-refractivity contribution in [2.24, 2.45) is 0 Å². The van der Waals surface area contributed by atoms with E-state index >= 15 is 0 Å². The molecule has 1 saturated heterocycles. The second-order valence-electron chi connectivity index (χ2n) is 5.06. The average molecular weight is 294 g/mol. The van der Waals surface area contributed by atoms with Crippen molar-refractivity contribution in [2.75, 3.05) is 19.8 Å². The molecule has 1 atom stereocenters. The van der Waals surface area contributed by atoms with Gasteiger partial charge in [0.1, 0.15) is 5.65 Å². The summed E-state index contributed by atoms with van der Waals surface area (Å²) < 4.78 is 6.88. The Labute approximate surface area is 121 Å². The Bertz CT molecular complexity index is 686. The molecule has 0 bridgehead atoms. The summed E-state index contributed by atoms with van der Waals surface area (Å²) in [5, 5.41) is 0.524. The van der Waals surface area contributed by atoms with E-state index in [0.29, 0.717) is 23.3 Å². The van der Waals surface area contributed by atoms with Gasteiger partial charge in [-0.1, -0.05) is 11.6 Å². The van der Waals surface area contributed by atoms with Gasteiger partial charge in [-0.25, -0.2) is 4.98 Å². The van der Waals surface area contributed by atoms with E-state index in [1.54, 1.807) is 24.4 Å². The van der Waals surface area contributed by atoms with Crippen LogP contribution in [0.5, 0.6) is 0 Å². The Kier molecular flexibility index (Phi) is 3.74. The lowest BCUT2D eigenvalue weighted by Crippen LogP contribution is -2.43. The third-order valence-electron chi connectivity index (χ3n) is 3.55. The van der Waals surface area contributed by atoms with E-state index in [9.17, 15) is 4.79 Å². The monoisotopic (exact) mass is 293 g/mol. The van der Waals surface area contributed by atoms with E-state index in [4.69, 9.17) is 16.3 Å². The number of aromatic nitrogens is 2. The highest BCUT2D eigenvalue weighted by molar-refractivity contribution is 6.30. The van der Waals surface area contributed by atoms with Crippen LogP contribution in [-0.4, -0.2) is 40.1 Å². The van der Waals surface area contributed by atoms with Crippen LogP contribution in [0.4, 0.5) is 0 Å². The number of nitrogens with zero attached hydrogens (tertiary/aromatic N) is 3. The minimum atomic E-state index is -0.103. The summed E-state index contributed by atoms with van der Waals surface area (Å²) >= 11 is 5.90. The van der Waals surface area contributed by atoms with Gasteiger partial charge in [-0.05, 0) is 19.1 Å². The third-order valence-corrected chi connectivity index (χ3v) is 3.77. The minimum Gasteiger partial charge on any atom is -0.379 e. The first-order chi connectivity index (χ1) is 9.63. The number of rotatable bonds is 2. The topological polar surface area (TPSA) is 46.8 Å². The molecule has 1 aliphatic heterocycles. The molecular formula is C14H16ClN3O2. The fourth-order valence-corrected chi connectivity index (χ4v) is 2.57. The lowest BCUT2D eigenvalue weighted by Gasteiger charge is -2.32. The minimum absolute atomic E-state index is 0.103. The van der Waals surface area contributed by atoms with Crippen molar-refractivity contribution in [2.45, 2.75) is 19.5 Å². The van der Waals surface area contributed by atoms with Gasteiger partial charge >= 0.3 is 0 Å². The van der Waals surface area contributed by atoms with Gasteiger partial charge in [-0.15, -0.1) is 0 Å². The van der Waals surface area contributed by atoms with Crippen molar-refractivity contribution < 1.29 is 4.74 Å². The first-order valence-corrected chi connectivity index (χ1v) is 7.01. The van der Waals surface area contributed by atoms with Crippen LogP contribution < -0.4 is 5.56 Å². The number of morpholine rings is 1. The van der Waals surface area contributed by atoms with Crippen LogP contribution in [0.1, 0.15) is 12.6 Å². The van der Waals surface area contributed by atoms with Crippen molar-refractivity contribution in [3.05, 3.63) is 45.5 Å². The smallest absolute Gasteiger partial charge is 0.258 e. The van der Waals surface area contributed by atoms with Gasteiger partial charge < -0.3 is 4.74 Å². The summed E-state index contributed by atoms with van der Waals surface area (Å²) in [4.78, 5) is 18.9. The molecule has 1 aliphatic rings. The molecule has 1 fully saturated rings. The number of hydrogen-bond donors (Lipinski definition) is 0. The van der Waals surface area contributed by atoms with Crippen LogP contribution in [0, 0.1) is 0 Å². The zero-order valence-electron chi connectivity index (χ0n) is 11.3. The van der Waals surface area contributed by atoms with Gasteiger partial charge in [0.25, 0.3) is 5.56 Å². The Hall–Kier alpha value is -1.43. The maximum absolute atomic E-state index is 12.1. The third kappa shape index (κ3) is 2.70. The van der Waals surface area contributed by atoms with E-state index in [-0.39, 0.29) is 5.56 Å². The Morgan fingerprint density at radius 2 is 2.35 bits per heavy atom. The molecule has 0 aromatic carbocycles. The second-order valence-corrected chi connectivity index (χ2v) is 5.49. The zero-order valence-corrected chi connectivity index (χ0v) is 12.0. The maximum atomic E-state index is 12.1. The van der Waals surface area contributed by atoms with E-state index in [1.807, 2.05) is 0 Å². The predicted octanol–water partition coefficient (Wildman–Crippen LogP) is 1.57. The first-order valence-electron chi connectivity index (χ1n) is 6.63. The van der Waals surface area contributed by atoms with Crippen LogP contribution in [-0.2, 0) is 11.3 Å². The van der Waals surface area contributed by atoms with E-state index in [1.165, 1.54) is 4.40 Å². The Morgan fingerprint density at radius 1 is 1.50 bits per heavy atom. The van der Waals surface area contributed by atoms with Gasteiger partial charge in [-0.3, -0.25) is 14.1 Å². The molecule has 0 N–H and O–H groups in total. The SMILES string of the molecule is C[C@H]1COCCN1Cc1cc(=O)n2cc(Cl)ccc2n1. The highest BCUT2D eigenvalue weighted by Crippen LogP contribution is 2.12. The summed E-state index contributed by atoms with van der Waals surface area (Å²) in [6, 6.07) is 5.42. The zero-order chi connectivity index (χ0) is 14.1. The molecule has 3 rings (SSSR count). The summed E-state index contributed by atoms with van der Waals surface area (Å²) in [7, 11) is 0. The van der Waals surface area contributed by atoms with Crippen LogP contribution in [0.25, 0.3) is 5.65 Å². The molecule has 0 amide bonds. The lowest BCUT2D eigenvalue weighted by atomic mass is 10.2. The predicted molar refractivity (Wildman–Crippen MR) is 77.2 cm³/mol. The molecule has 5 nitrogen and oxygen atoms in total. The first kappa shape index (κ1) is 13.5. The number of ether oxygens (including phenoxy) is 1. The average Bonchev–Trinajstić information content (AvgIpc) is 2.42. The molecule has 6 heteroatoms. The van der Waals surface area contributed by atoms with Gasteiger partial charge in [0.15, 0.2) is 0 Å². The molecule has 106 valence electrons. The van der Waals surface area contributed by atoms with Crippen molar-refractivity contribution in [1.29, 1.82) is 0 Å². The van der Waals surface area contributed by atoms with Crippen molar-refractivity contribution >= 4 is 17.2 Å². The normalized spacial score (nSPS) is 20.4. The molecule has 0 radical (unpaired) electrons. The van der Waals surface area contributed by atoms with Crippen molar-refractivity contribution in [1.82, 2.24) is 14.3 Å². The number of fused-ring (bicyclic) bond motifs is 1. The van der Waals surface area contributed by atoms with Gasteiger partial charge in [0, 0.05) is 31.4 Å². The molecule has 0 saturated carbocycles. The van der Waals surface area contributed by atoms with Crippen molar-refractivity contribution in [3.63, 3.8) is 0 Å². The second kappa shape index (κ2) is 5.52. The quantitative estimate of drug-likeness (QED) is 0.843. The number of hydrogen-bond acceptors (Lipinski definition) is 4. The summed E-state index contributed by atoms with van der Waals surface area (Å²) in [5.41, 5.74) is 1.30. The summed E-state index contributed by atoms with van der Waals surface area (Å²) in [6.45, 7) is 5.10. The largest absolute Gasteiger partial charge is 0.379 e. The standard InChI is InChI=1S/C14H16ClN3O2/c1-10-9-20-5-4-17(10)8-12-6-14(19)18-7-11(15)2-3-13(18)16-12/h2-3,6-7,10H,4-5,8-9H2,1H3/t10-/m0/s1. The van der Waals surface area contributed by atoms with Crippen LogP contribution in [0.15, 0.2) is 29.2 Å². The molecule has 3 heterocycles. The molecule has 2 aromatic rings. The molecule has 0 unspecified atom stereocenters. The lowest BCUT2D eigenvalue weighted by molar-refractivity contribution is -0.00490. The molecule has 2 aromatic heterocycles. The van der Waals surface area contributed by atoms with Crippen LogP contribution >= 0.6 is 11.6 Å². The summed E-state index contributed by atoms with van der Waals surface area (Å²) in [5.74, 6) is 0. The van der Waals surface area contributed by atoms with Gasteiger partial charge in [-0.2, -0.15) is 0 Å². The number of pyridine rings is 1. The molecular weight excluding hydrogens is 278 g/mol. The van der Waals surface area contributed by atoms with E-state index in [0.717, 1.165) is 25.5 Å². The highest BCUT2D eigenvalue weighted by atomic mass is 35.5. The van der Waals surface area contributed by atoms with E-state index < -0.39 is 0 Å². The summed E-state index contributed by atoms with van der Waals surface area (Å²) in [6.07, 6.45) is 1.59. The Balaban J connectivity index is 1.92. The fraction of sp³-hybridized carbons (Fsp3) is 0.429. The fourth-order valence-electron chi connectivity index (χ4n) is 2.41. The number of halogens is 1. The van der Waals surface area contributed by atoms with Crippen molar-refractivity contribution in [3.8, 4) is 0 Å². The van der Waals surface area contributed by atoms with Crippen LogP contribution in [0.3, 0.4) is 0 Å². The molecule has 0 aliphatic carbocycles. The van der Waals surface area contributed by atoms with Gasteiger partial charge in [0.2, 0.25) is 0 Å². The maximum Gasteiger partial charge on any atom is 0.258 e. The molecule has 20 heavy (non-hydrogen) atoms. The molecule has 0 spiro atoms. The highest BCUT2D eigenvalue weighted by Gasteiger charge is 2.19.